The molecule has 1 N–H and O–H groups in total. The summed E-state index contributed by atoms with van der Waals surface area (Å²) in [6, 6.07) is 0. The van der Waals surface area contributed by atoms with Gasteiger partial charge in [0.25, 0.3) is 0 Å². The molecule has 4 nitrogen and oxygen atoms in total. The average molecular weight is 358 g/mol. The van der Waals surface area contributed by atoms with E-state index >= 15 is 0 Å². The van der Waals surface area contributed by atoms with Crippen molar-refractivity contribution in [3.63, 3.8) is 0 Å². The molecule has 0 amide bonds. The van der Waals surface area contributed by atoms with Crippen molar-refractivity contribution >= 4 is 11.6 Å². The van der Waals surface area contributed by atoms with Crippen LogP contribution < -0.4 is 0 Å². The van der Waals surface area contributed by atoms with Crippen LogP contribution in [0, 0.1) is 22.7 Å². The molecule has 4 atom stereocenters. The number of ether oxygens (including phenoxy) is 1. The normalized spacial score (nSPS) is 37.9. The summed E-state index contributed by atoms with van der Waals surface area (Å²) in [4.78, 5) is 24.7. The second-order valence-electron chi connectivity index (χ2n) is 9.07. The molecule has 0 aromatic heterocycles. The first-order chi connectivity index (χ1) is 12.1. The van der Waals surface area contributed by atoms with Crippen molar-refractivity contribution < 1.29 is 19.4 Å². The third kappa shape index (κ3) is 2.93. The van der Waals surface area contributed by atoms with Gasteiger partial charge in [-0.2, -0.15) is 0 Å². The minimum Gasteiger partial charge on any atom is -0.504 e. The van der Waals surface area contributed by atoms with Gasteiger partial charge in [0.15, 0.2) is 11.5 Å². The maximum Gasteiger partial charge on any atom is 0.227 e. The molecular weight excluding hydrogens is 328 g/mol. The number of hydrogen-bond donors (Lipinski definition) is 1. The lowest BCUT2D eigenvalue weighted by molar-refractivity contribution is -0.120. The standard InChI is InChI=1S/C22H30O4/c1-13-10-21(3,12-22(4)14(2)7-6-8-16(13)22)11-15-19(24)17(23)9-18(26-5)20(15)25/h7,9,13,16,24H,6,8,10-12H2,1-5H3/t13-,16-,21-,22+/m0/s1. The fraction of sp³-hybridized carbons (Fsp3) is 0.636. The summed E-state index contributed by atoms with van der Waals surface area (Å²) in [6.07, 6.45) is 8.16. The molecule has 0 saturated heterocycles. The van der Waals surface area contributed by atoms with E-state index in [4.69, 9.17) is 4.74 Å². The fourth-order valence-electron chi connectivity index (χ4n) is 5.92. The summed E-state index contributed by atoms with van der Waals surface area (Å²) in [6.45, 7) is 9.07. The van der Waals surface area contributed by atoms with E-state index in [0.717, 1.165) is 25.3 Å². The Morgan fingerprint density at radius 1 is 1.31 bits per heavy atom. The lowest BCUT2D eigenvalue weighted by atomic mass is 9.49. The highest BCUT2D eigenvalue weighted by atomic mass is 16.5. The van der Waals surface area contributed by atoms with E-state index in [9.17, 15) is 14.7 Å². The van der Waals surface area contributed by atoms with Gasteiger partial charge in [0.2, 0.25) is 11.6 Å². The van der Waals surface area contributed by atoms with Crippen molar-refractivity contribution in [1.82, 2.24) is 0 Å². The quantitative estimate of drug-likeness (QED) is 0.588. The zero-order valence-electron chi connectivity index (χ0n) is 16.5. The number of rotatable bonds is 3. The van der Waals surface area contributed by atoms with E-state index in [-0.39, 0.29) is 27.9 Å². The summed E-state index contributed by atoms with van der Waals surface area (Å²) in [5.41, 5.74) is 1.62. The lowest BCUT2D eigenvalue weighted by Gasteiger charge is -2.55. The molecule has 0 spiro atoms. The van der Waals surface area contributed by atoms with E-state index in [0.29, 0.717) is 18.3 Å². The van der Waals surface area contributed by atoms with E-state index in [1.165, 1.54) is 19.1 Å². The van der Waals surface area contributed by atoms with Crippen molar-refractivity contribution in [2.24, 2.45) is 22.7 Å². The molecule has 0 radical (unpaired) electrons. The number of aliphatic hydroxyl groups excluding tert-OH is 1. The summed E-state index contributed by atoms with van der Waals surface area (Å²) in [5.74, 6) is -0.0948. The number of Topliss-reactive ketones (excluding diaryl/α,β-unsaturated/α-hetero) is 1. The van der Waals surface area contributed by atoms with Gasteiger partial charge in [0.05, 0.1) is 7.11 Å². The Bertz CT molecular complexity index is 741. The Morgan fingerprint density at radius 2 is 2.00 bits per heavy atom. The second-order valence-corrected chi connectivity index (χ2v) is 9.07. The Morgan fingerprint density at radius 3 is 2.65 bits per heavy atom. The van der Waals surface area contributed by atoms with Gasteiger partial charge in [-0.05, 0) is 61.7 Å². The van der Waals surface area contributed by atoms with E-state index in [1.807, 2.05) is 0 Å². The smallest absolute Gasteiger partial charge is 0.227 e. The van der Waals surface area contributed by atoms with Crippen molar-refractivity contribution in [1.29, 1.82) is 0 Å². The van der Waals surface area contributed by atoms with Gasteiger partial charge in [-0.1, -0.05) is 32.4 Å². The average Bonchev–Trinajstić information content (AvgIpc) is 2.56. The molecule has 0 unspecified atom stereocenters. The van der Waals surface area contributed by atoms with E-state index in [1.54, 1.807) is 0 Å². The minimum atomic E-state index is -0.540. The highest BCUT2D eigenvalue weighted by Gasteiger charge is 2.51. The molecule has 0 aromatic carbocycles. The first kappa shape index (κ1) is 18.9. The molecule has 0 bridgehead atoms. The van der Waals surface area contributed by atoms with Crippen LogP contribution in [-0.4, -0.2) is 23.8 Å². The maximum atomic E-state index is 12.7. The zero-order chi connectivity index (χ0) is 19.3. The van der Waals surface area contributed by atoms with Crippen LogP contribution in [0.4, 0.5) is 0 Å². The third-order valence-electron chi connectivity index (χ3n) is 7.05. The zero-order valence-corrected chi connectivity index (χ0v) is 16.5. The first-order valence-corrected chi connectivity index (χ1v) is 9.55. The third-order valence-corrected chi connectivity index (χ3v) is 7.05. The number of methoxy groups -OCH3 is 1. The molecule has 26 heavy (non-hydrogen) atoms. The Hall–Kier alpha value is -1.84. The molecule has 0 aliphatic heterocycles. The molecule has 3 aliphatic carbocycles. The number of fused-ring (bicyclic) bond motifs is 1. The molecule has 0 heterocycles. The van der Waals surface area contributed by atoms with E-state index < -0.39 is 11.5 Å². The minimum absolute atomic E-state index is 0.0214. The second kappa shape index (κ2) is 6.40. The molecule has 4 heteroatoms. The molecule has 1 fully saturated rings. The molecular formula is C22H30O4. The molecule has 3 aliphatic rings. The Balaban J connectivity index is 1.93. The van der Waals surface area contributed by atoms with Gasteiger partial charge in [-0.25, -0.2) is 0 Å². The highest BCUT2D eigenvalue weighted by Crippen LogP contribution is 2.60. The number of allylic oxidation sites excluding steroid dienone is 4. The predicted octanol–water partition coefficient (Wildman–Crippen LogP) is 4.67. The van der Waals surface area contributed by atoms with Crippen molar-refractivity contribution in [2.75, 3.05) is 7.11 Å². The summed E-state index contributed by atoms with van der Waals surface area (Å²) in [7, 11) is 1.38. The van der Waals surface area contributed by atoms with Crippen LogP contribution in [0.5, 0.6) is 0 Å². The van der Waals surface area contributed by atoms with Gasteiger partial charge in [-0.3, -0.25) is 9.59 Å². The van der Waals surface area contributed by atoms with Crippen LogP contribution in [0.2, 0.25) is 0 Å². The monoisotopic (exact) mass is 358 g/mol. The van der Waals surface area contributed by atoms with Crippen LogP contribution >= 0.6 is 0 Å². The molecule has 3 rings (SSSR count). The number of carbonyl (C=O) groups is 2. The number of hydrogen-bond acceptors (Lipinski definition) is 4. The van der Waals surface area contributed by atoms with Crippen molar-refractivity contribution in [3.05, 3.63) is 34.8 Å². The van der Waals surface area contributed by atoms with Gasteiger partial charge >= 0.3 is 0 Å². The lowest BCUT2D eigenvalue weighted by Crippen LogP contribution is -2.46. The van der Waals surface area contributed by atoms with Gasteiger partial charge in [-0.15, -0.1) is 0 Å². The summed E-state index contributed by atoms with van der Waals surface area (Å²) >= 11 is 0. The number of ketones is 2. The van der Waals surface area contributed by atoms with Crippen molar-refractivity contribution in [2.45, 2.75) is 59.8 Å². The largest absolute Gasteiger partial charge is 0.504 e. The Labute approximate surface area is 156 Å². The molecule has 0 aromatic rings. The highest BCUT2D eigenvalue weighted by molar-refractivity contribution is 6.20. The SMILES string of the molecule is COC1=CC(=O)C(O)=C(C[C@]2(C)C[C@H](C)[C@@H]3CCC=C(C)[C@@]3(C)C2)C1=O. The van der Waals surface area contributed by atoms with Crippen LogP contribution in [0.3, 0.4) is 0 Å². The van der Waals surface area contributed by atoms with Gasteiger partial charge in [0, 0.05) is 11.6 Å². The van der Waals surface area contributed by atoms with Crippen LogP contribution in [-0.2, 0) is 14.3 Å². The summed E-state index contributed by atoms with van der Waals surface area (Å²) in [5, 5.41) is 10.3. The van der Waals surface area contributed by atoms with Crippen LogP contribution in [0.25, 0.3) is 0 Å². The molecule has 142 valence electrons. The van der Waals surface area contributed by atoms with E-state index in [2.05, 4.69) is 33.8 Å². The number of carbonyl (C=O) groups excluding carboxylic acids is 2. The van der Waals surface area contributed by atoms with Crippen LogP contribution in [0.1, 0.15) is 59.8 Å². The summed E-state index contributed by atoms with van der Waals surface area (Å²) < 4.78 is 5.05. The van der Waals surface area contributed by atoms with Gasteiger partial charge in [0.1, 0.15) is 0 Å². The topological polar surface area (TPSA) is 63.6 Å². The molecule has 1 saturated carbocycles. The predicted molar refractivity (Wildman–Crippen MR) is 100 cm³/mol. The Kier molecular flexibility index (Phi) is 4.66. The fourth-order valence-corrected chi connectivity index (χ4v) is 5.92. The van der Waals surface area contributed by atoms with Crippen molar-refractivity contribution in [3.8, 4) is 0 Å². The number of aliphatic hydroxyl groups is 1. The van der Waals surface area contributed by atoms with Gasteiger partial charge < -0.3 is 9.84 Å². The van der Waals surface area contributed by atoms with Crippen LogP contribution in [0.15, 0.2) is 34.8 Å². The maximum absolute atomic E-state index is 12.7. The first-order valence-electron chi connectivity index (χ1n) is 9.55.